The van der Waals surface area contributed by atoms with Gasteiger partial charge < -0.3 is 5.32 Å². The molecule has 2 aromatic heterocycles. The number of hydrogen-bond acceptors (Lipinski definition) is 3. The highest BCUT2D eigenvalue weighted by Gasteiger charge is 2.41. The first-order valence-corrected chi connectivity index (χ1v) is 9.13. The molecule has 1 fully saturated rings. The van der Waals surface area contributed by atoms with Gasteiger partial charge >= 0.3 is 6.18 Å². The Kier molecular flexibility index (Phi) is 5.14. The van der Waals surface area contributed by atoms with Gasteiger partial charge in [0.25, 0.3) is 0 Å². The van der Waals surface area contributed by atoms with Gasteiger partial charge in [0, 0.05) is 30.8 Å². The van der Waals surface area contributed by atoms with Gasteiger partial charge in [0.05, 0.1) is 15.9 Å². The van der Waals surface area contributed by atoms with Crippen LogP contribution in [0.25, 0.3) is 0 Å². The summed E-state index contributed by atoms with van der Waals surface area (Å²) in [5.41, 5.74) is 1.15. The third-order valence-electron chi connectivity index (χ3n) is 4.31. The number of hydrogen-bond donors (Lipinski definition) is 1. The molecule has 1 N–H and O–H groups in total. The molecule has 1 aliphatic carbocycles. The zero-order valence-corrected chi connectivity index (χ0v) is 16.0. The second-order valence-electron chi connectivity index (χ2n) is 6.35. The Hall–Kier alpha value is -1.84. The van der Waals surface area contributed by atoms with Crippen molar-refractivity contribution in [3.63, 3.8) is 0 Å². The molecule has 0 aromatic carbocycles. The monoisotopic (exact) mass is 433 g/mol. The number of carbonyl (C=O) groups excluding carboxylic acids is 1. The number of aryl methyl sites for hydroxylation is 2. The largest absolute Gasteiger partial charge is 0.436 e. The summed E-state index contributed by atoms with van der Waals surface area (Å²) in [7, 11) is 0. The zero-order chi connectivity index (χ0) is 19.1. The number of nitrogens with one attached hydrogen (secondary N) is 1. The fourth-order valence-electron chi connectivity index (χ4n) is 2.78. The smallest absolute Gasteiger partial charge is 0.350 e. The molecule has 0 aliphatic heterocycles. The van der Waals surface area contributed by atoms with Crippen molar-refractivity contribution in [2.45, 2.75) is 58.4 Å². The lowest BCUT2D eigenvalue weighted by Gasteiger charge is -2.08. The normalized spacial score (nSPS) is 14.7. The van der Waals surface area contributed by atoms with Crippen molar-refractivity contribution in [1.29, 1.82) is 0 Å². The van der Waals surface area contributed by atoms with Crippen molar-refractivity contribution in [2.24, 2.45) is 0 Å². The molecule has 0 radical (unpaired) electrons. The van der Waals surface area contributed by atoms with Crippen molar-refractivity contribution >= 4 is 21.8 Å². The minimum absolute atomic E-state index is 0.0193. The van der Waals surface area contributed by atoms with E-state index in [2.05, 4.69) is 31.4 Å². The number of nitrogens with zero attached hydrogens (tertiary/aromatic N) is 4. The maximum atomic E-state index is 13.1. The topological polar surface area (TPSA) is 64.7 Å². The van der Waals surface area contributed by atoms with Crippen LogP contribution in [0.4, 0.5) is 13.2 Å². The molecule has 3 rings (SSSR count). The number of carbonyl (C=O) groups is 1. The molecular weight excluding hydrogens is 415 g/mol. The molecule has 0 spiro atoms. The highest BCUT2D eigenvalue weighted by molar-refractivity contribution is 9.10. The third kappa shape index (κ3) is 3.94. The van der Waals surface area contributed by atoms with Gasteiger partial charge in [-0.3, -0.25) is 14.2 Å². The summed E-state index contributed by atoms with van der Waals surface area (Å²) in [6.07, 6.45) is -1.11. The van der Waals surface area contributed by atoms with Crippen molar-refractivity contribution in [2.75, 3.05) is 0 Å². The van der Waals surface area contributed by atoms with Crippen molar-refractivity contribution < 1.29 is 18.0 Å². The molecule has 0 unspecified atom stereocenters. The molecule has 10 heteroatoms. The first-order valence-electron chi connectivity index (χ1n) is 8.33. The molecule has 2 aromatic rings. The van der Waals surface area contributed by atoms with E-state index in [0.717, 1.165) is 30.6 Å². The lowest BCUT2D eigenvalue weighted by Crippen LogP contribution is -2.28. The van der Waals surface area contributed by atoms with Crippen LogP contribution in [0.15, 0.2) is 10.7 Å². The predicted molar refractivity (Wildman–Crippen MR) is 91.4 cm³/mol. The molecule has 142 valence electrons. The number of rotatable bonds is 6. The Labute approximate surface area is 156 Å². The Bertz CT molecular complexity index is 823. The van der Waals surface area contributed by atoms with E-state index in [0.29, 0.717) is 5.69 Å². The summed E-state index contributed by atoms with van der Waals surface area (Å²) in [6, 6.07) is 0. The van der Waals surface area contributed by atoms with Gasteiger partial charge in [0.1, 0.15) is 6.54 Å². The fourth-order valence-corrected chi connectivity index (χ4v) is 3.61. The van der Waals surface area contributed by atoms with Crippen LogP contribution in [0.3, 0.4) is 0 Å². The minimum atomic E-state index is -4.56. The summed E-state index contributed by atoms with van der Waals surface area (Å²) in [6.45, 7) is 4.56. The van der Waals surface area contributed by atoms with Crippen LogP contribution >= 0.6 is 15.9 Å². The van der Waals surface area contributed by atoms with Crippen LogP contribution < -0.4 is 5.32 Å². The van der Waals surface area contributed by atoms with Gasteiger partial charge in [-0.1, -0.05) is 0 Å². The van der Waals surface area contributed by atoms with Gasteiger partial charge in [-0.2, -0.15) is 23.4 Å². The number of alkyl halides is 3. The molecule has 0 bridgehead atoms. The molecule has 0 atom stereocenters. The first-order chi connectivity index (χ1) is 12.2. The highest BCUT2D eigenvalue weighted by atomic mass is 79.9. The van der Waals surface area contributed by atoms with E-state index < -0.39 is 11.9 Å². The van der Waals surface area contributed by atoms with Crippen LogP contribution in [-0.2, 0) is 30.6 Å². The van der Waals surface area contributed by atoms with Gasteiger partial charge in [0.2, 0.25) is 5.91 Å². The molecule has 2 heterocycles. The standard InChI is InChI=1S/C16H19BrF3N5O/c1-3-24-7-11(9(2)22-24)6-21-12(26)8-25-14(10-4-5-10)13(17)15(23-25)16(18,19)20/h7,10H,3-6,8H2,1-2H3,(H,21,26). The molecule has 1 amide bonds. The van der Waals surface area contributed by atoms with E-state index in [1.807, 2.05) is 20.0 Å². The van der Waals surface area contributed by atoms with Gasteiger partial charge in [-0.05, 0) is 42.6 Å². The summed E-state index contributed by atoms with van der Waals surface area (Å²) < 4.78 is 42.2. The molecule has 1 saturated carbocycles. The van der Waals surface area contributed by atoms with Gasteiger partial charge in [-0.25, -0.2) is 0 Å². The Balaban J connectivity index is 1.72. The molecule has 1 aliphatic rings. The maximum Gasteiger partial charge on any atom is 0.436 e. The Morgan fingerprint density at radius 2 is 2.08 bits per heavy atom. The number of amides is 1. The SMILES string of the molecule is CCn1cc(CNC(=O)Cn2nc(C(F)(F)F)c(Br)c2C2CC2)c(C)n1. The number of halogens is 4. The van der Waals surface area contributed by atoms with E-state index in [4.69, 9.17) is 0 Å². The van der Waals surface area contributed by atoms with Crippen molar-refractivity contribution in [3.05, 3.63) is 33.3 Å². The molecule has 0 saturated heterocycles. The Morgan fingerprint density at radius 1 is 1.38 bits per heavy atom. The first kappa shape index (κ1) is 18.9. The molecule has 6 nitrogen and oxygen atoms in total. The quantitative estimate of drug-likeness (QED) is 0.759. The lowest BCUT2D eigenvalue weighted by molar-refractivity contribution is -0.142. The van der Waals surface area contributed by atoms with Gasteiger partial charge in [-0.15, -0.1) is 0 Å². The second-order valence-corrected chi connectivity index (χ2v) is 7.14. The minimum Gasteiger partial charge on any atom is -0.350 e. The van der Waals surface area contributed by atoms with E-state index in [-0.39, 0.29) is 29.4 Å². The molecular formula is C16H19BrF3N5O. The summed E-state index contributed by atoms with van der Waals surface area (Å²) in [5, 5.41) is 10.7. The summed E-state index contributed by atoms with van der Waals surface area (Å²) in [5.74, 6) is -0.370. The highest BCUT2D eigenvalue weighted by Crippen LogP contribution is 2.46. The lowest BCUT2D eigenvalue weighted by atomic mass is 10.2. The van der Waals surface area contributed by atoms with Gasteiger partial charge in [0.15, 0.2) is 5.69 Å². The number of aromatic nitrogens is 4. The van der Waals surface area contributed by atoms with Crippen LogP contribution in [-0.4, -0.2) is 25.5 Å². The zero-order valence-electron chi connectivity index (χ0n) is 14.4. The third-order valence-corrected chi connectivity index (χ3v) is 5.09. The molecule has 26 heavy (non-hydrogen) atoms. The summed E-state index contributed by atoms with van der Waals surface area (Å²) in [4.78, 5) is 12.2. The van der Waals surface area contributed by atoms with Crippen LogP contribution in [0.5, 0.6) is 0 Å². The van der Waals surface area contributed by atoms with Crippen LogP contribution in [0.1, 0.15) is 48.3 Å². The van der Waals surface area contributed by atoms with Crippen LogP contribution in [0, 0.1) is 6.92 Å². The van der Waals surface area contributed by atoms with E-state index in [1.165, 1.54) is 4.68 Å². The van der Waals surface area contributed by atoms with E-state index in [1.54, 1.807) is 4.68 Å². The van der Waals surface area contributed by atoms with Crippen LogP contribution in [0.2, 0.25) is 0 Å². The average molecular weight is 434 g/mol. The average Bonchev–Trinajstić information content (AvgIpc) is 3.24. The van der Waals surface area contributed by atoms with E-state index in [9.17, 15) is 18.0 Å². The van der Waals surface area contributed by atoms with Crippen molar-refractivity contribution in [1.82, 2.24) is 24.9 Å². The summed E-state index contributed by atoms with van der Waals surface area (Å²) >= 11 is 3.02. The Morgan fingerprint density at radius 3 is 2.62 bits per heavy atom. The second kappa shape index (κ2) is 7.05. The maximum absolute atomic E-state index is 13.1. The fraction of sp³-hybridized carbons (Fsp3) is 0.562. The predicted octanol–water partition coefficient (Wildman–Crippen LogP) is 3.38. The van der Waals surface area contributed by atoms with Crippen molar-refractivity contribution in [3.8, 4) is 0 Å². The van der Waals surface area contributed by atoms with E-state index >= 15 is 0 Å².